The van der Waals surface area contributed by atoms with Crippen molar-refractivity contribution >= 4 is 0 Å². The largest absolute Gasteiger partial charge is 0.385 e. The van der Waals surface area contributed by atoms with Crippen LogP contribution >= 0.6 is 0 Å². The molecular formula is C13H16FNO. The van der Waals surface area contributed by atoms with Gasteiger partial charge in [0.1, 0.15) is 5.82 Å². The lowest BCUT2D eigenvalue weighted by Crippen LogP contribution is -2.25. The van der Waals surface area contributed by atoms with Gasteiger partial charge in [-0.25, -0.2) is 4.39 Å². The van der Waals surface area contributed by atoms with Gasteiger partial charge in [-0.15, -0.1) is 0 Å². The quantitative estimate of drug-likeness (QED) is 0.755. The van der Waals surface area contributed by atoms with Crippen molar-refractivity contribution in [1.29, 1.82) is 0 Å². The molecule has 2 unspecified atom stereocenters. The SMILES string of the molecule is OC1(c2cccc(F)c2)CC2CNCC2C1. The molecule has 1 aromatic rings. The minimum absolute atomic E-state index is 0.263. The molecule has 16 heavy (non-hydrogen) atoms. The Morgan fingerprint density at radius 2 is 1.94 bits per heavy atom. The summed E-state index contributed by atoms with van der Waals surface area (Å²) in [4.78, 5) is 0. The monoisotopic (exact) mass is 221 g/mol. The number of hydrogen-bond acceptors (Lipinski definition) is 2. The molecule has 2 N–H and O–H groups in total. The summed E-state index contributed by atoms with van der Waals surface area (Å²) in [5.41, 5.74) is -0.0681. The van der Waals surface area contributed by atoms with Gasteiger partial charge < -0.3 is 10.4 Å². The summed E-state index contributed by atoms with van der Waals surface area (Å²) in [6.45, 7) is 1.98. The average molecular weight is 221 g/mol. The van der Waals surface area contributed by atoms with Gasteiger partial charge in [-0.2, -0.15) is 0 Å². The molecular weight excluding hydrogens is 205 g/mol. The van der Waals surface area contributed by atoms with E-state index in [0.717, 1.165) is 31.5 Å². The van der Waals surface area contributed by atoms with Crippen molar-refractivity contribution in [3.05, 3.63) is 35.6 Å². The van der Waals surface area contributed by atoms with Crippen LogP contribution in [-0.2, 0) is 5.60 Å². The summed E-state index contributed by atoms with van der Waals surface area (Å²) in [6, 6.07) is 6.39. The molecule has 1 saturated carbocycles. The van der Waals surface area contributed by atoms with Crippen LogP contribution in [0, 0.1) is 17.7 Å². The predicted molar refractivity (Wildman–Crippen MR) is 59.4 cm³/mol. The minimum Gasteiger partial charge on any atom is -0.385 e. The maximum absolute atomic E-state index is 13.2. The van der Waals surface area contributed by atoms with Crippen molar-refractivity contribution in [3.8, 4) is 0 Å². The van der Waals surface area contributed by atoms with E-state index in [0.29, 0.717) is 11.8 Å². The molecule has 2 nitrogen and oxygen atoms in total. The maximum Gasteiger partial charge on any atom is 0.123 e. The van der Waals surface area contributed by atoms with E-state index in [1.807, 2.05) is 6.07 Å². The molecule has 0 amide bonds. The first-order chi connectivity index (χ1) is 7.67. The number of benzene rings is 1. The number of rotatable bonds is 1. The molecule has 2 aliphatic rings. The number of aliphatic hydroxyl groups is 1. The molecule has 1 aliphatic carbocycles. The minimum atomic E-state index is -0.806. The molecule has 1 saturated heterocycles. The molecule has 0 bridgehead atoms. The second-order valence-corrected chi connectivity index (χ2v) is 5.13. The van der Waals surface area contributed by atoms with E-state index in [2.05, 4.69) is 5.32 Å². The van der Waals surface area contributed by atoms with E-state index in [1.54, 1.807) is 6.07 Å². The molecule has 3 heteroatoms. The van der Waals surface area contributed by atoms with Gasteiger partial charge in [0.25, 0.3) is 0 Å². The van der Waals surface area contributed by atoms with Crippen molar-refractivity contribution in [3.63, 3.8) is 0 Å². The highest BCUT2D eigenvalue weighted by atomic mass is 19.1. The van der Waals surface area contributed by atoms with Crippen molar-refractivity contribution in [2.75, 3.05) is 13.1 Å². The highest BCUT2D eigenvalue weighted by Gasteiger charge is 2.46. The maximum atomic E-state index is 13.2. The van der Waals surface area contributed by atoms with Gasteiger partial charge in [0.15, 0.2) is 0 Å². The first kappa shape index (κ1) is 10.2. The summed E-state index contributed by atoms with van der Waals surface area (Å²) >= 11 is 0. The second-order valence-electron chi connectivity index (χ2n) is 5.13. The summed E-state index contributed by atoms with van der Waals surface area (Å²) in [5.74, 6) is 0.836. The van der Waals surface area contributed by atoms with E-state index in [-0.39, 0.29) is 5.82 Å². The Hall–Kier alpha value is -0.930. The van der Waals surface area contributed by atoms with E-state index >= 15 is 0 Å². The van der Waals surface area contributed by atoms with Crippen LogP contribution < -0.4 is 5.32 Å². The summed E-state index contributed by atoms with van der Waals surface area (Å²) in [7, 11) is 0. The Morgan fingerprint density at radius 3 is 2.56 bits per heavy atom. The van der Waals surface area contributed by atoms with Crippen molar-refractivity contribution in [1.82, 2.24) is 5.32 Å². The summed E-state index contributed by atoms with van der Waals surface area (Å²) in [5, 5.41) is 13.9. The Bertz CT molecular complexity index is 395. The molecule has 0 aromatic heterocycles. The topological polar surface area (TPSA) is 32.3 Å². The third-order valence-corrected chi connectivity index (χ3v) is 4.04. The lowest BCUT2D eigenvalue weighted by Gasteiger charge is -2.24. The fraction of sp³-hybridized carbons (Fsp3) is 0.538. The molecule has 1 aliphatic heterocycles. The zero-order valence-electron chi connectivity index (χ0n) is 9.12. The highest BCUT2D eigenvalue weighted by molar-refractivity contribution is 5.25. The highest BCUT2D eigenvalue weighted by Crippen LogP contribution is 2.47. The second kappa shape index (κ2) is 3.54. The molecule has 3 rings (SSSR count). The fourth-order valence-electron chi connectivity index (χ4n) is 3.23. The Morgan fingerprint density at radius 1 is 1.25 bits per heavy atom. The Balaban J connectivity index is 1.89. The lowest BCUT2D eigenvalue weighted by molar-refractivity contribution is 0.0355. The Labute approximate surface area is 94.5 Å². The number of hydrogen-bond donors (Lipinski definition) is 2. The van der Waals surface area contributed by atoms with Gasteiger partial charge in [-0.3, -0.25) is 0 Å². The standard InChI is InChI=1S/C13H16FNO/c14-12-3-1-2-11(4-12)13(16)5-9-7-15-8-10(9)6-13/h1-4,9-10,15-16H,5-8H2. The number of fused-ring (bicyclic) bond motifs is 1. The van der Waals surface area contributed by atoms with E-state index in [4.69, 9.17) is 0 Å². The number of halogens is 1. The molecule has 1 heterocycles. The molecule has 2 atom stereocenters. The van der Waals surface area contributed by atoms with Crippen molar-refractivity contribution in [2.45, 2.75) is 18.4 Å². The molecule has 2 fully saturated rings. The summed E-state index contributed by atoms with van der Waals surface area (Å²) < 4.78 is 13.2. The van der Waals surface area contributed by atoms with Crippen LogP contribution in [-0.4, -0.2) is 18.2 Å². The van der Waals surface area contributed by atoms with Crippen LogP contribution in [0.1, 0.15) is 18.4 Å². The van der Waals surface area contributed by atoms with Crippen LogP contribution in [0.2, 0.25) is 0 Å². The van der Waals surface area contributed by atoms with Gasteiger partial charge in [-0.05, 0) is 55.5 Å². The number of nitrogens with one attached hydrogen (secondary N) is 1. The van der Waals surface area contributed by atoms with Gasteiger partial charge >= 0.3 is 0 Å². The lowest BCUT2D eigenvalue weighted by atomic mass is 9.90. The first-order valence-electron chi connectivity index (χ1n) is 5.86. The molecule has 86 valence electrons. The Kier molecular flexibility index (Phi) is 2.26. The van der Waals surface area contributed by atoms with E-state index in [1.165, 1.54) is 12.1 Å². The zero-order valence-corrected chi connectivity index (χ0v) is 9.12. The predicted octanol–water partition coefficient (Wildman–Crippen LogP) is 1.64. The van der Waals surface area contributed by atoms with Gasteiger partial charge in [0.2, 0.25) is 0 Å². The summed E-state index contributed by atoms with van der Waals surface area (Å²) in [6.07, 6.45) is 1.52. The molecule has 1 aromatic carbocycles. The first-order valence-corrected chi connectivity index (χ1v) is 5.86. The van der Waals surface area contributed by atoms with Crippen LogP contribution in [0.4, 0.5) is 4.39 Å². The van der Waals surface area contributed by atoms with E-state index < -0.39 is 5.60 Å². The van der Waals surface area contributed by atoms with Crippen LogP contribution in [0.3, 0.4) is 0 Å². The molecule has 0 spiro atoms. The average Bonchev–Trinajstić information content (AvgIpc) is 2.76. The smallest absolute Gasteiger partial charge is 0.123 e. The van der Waals surface area contributed by atoms with Crippen LogP contribution in [0.5, 0.6) is 0 Å². The molecule has 0 radical (unpaired) electrons. The van der Waals surface area contributed by atoms with Crippen LogP contribution in [0.25, 0.3) is 0 Å². The van der Waals surface area contributed by atoms with Gasteiger partial charge in [0.05, 0.1) is 5.60 Å². The van der Waals surface area contributed by atoms with Gasteiger partial charge in [0, 0.05) is 0 Å². The van der Waals surface area contributed by atoms with Crippen molar-refractivity contribution < 1.29 is 9.50 Å². The van der Waals surface area contributed by atoms with Crippen molar-refractivity contribution in [2.24, 2.45) is 11.8 Å². The fourth-order valence-corrected chi connectivity index (χ4v) is 3.23. The zero-order chi connectivity index (χ0) is 11.2. The normalized spacial score (nSPS) is 37.6. The van der Waals surface area contributed by atoms with Gasteiger partial charge in [-0.1, -0.05) is 12.1 Å². The van der Waals surface area contributed by atoms with Crippen LogP contribution in [0.15, 0.2) is 24.3 Å². The third kappa shape index (κ3) is 1.55. The van der Waals surface area contributed by atoms with E-state index in [9.17, 15) is 9.50 Å². The third-order valence-electron chi connectivity index (χ3n) is 4.04.